The van der Waals surface area contributed by atoms with Crippen LogP contribution < -0.4 is 0 Å². The van der Waals surface area contributed by atoms with Crippen LogP contribution in [0, 0.1) is 34.5 Å². The van der Waals surface area contributed by atoms with Crippen molar-refractivity contribution < 1.29 is 0 Å². The lowest BCUT2D eigenvalue weighted by molar-refractivity contribution is 0.596. The second-order valence-electron chi connectivity index (χ2n) is 8.14. The monoisotopic (exact) mass is 427 g/mol. The van der Waals surface area contributed by atoms with Crippen molar-refractivity contribution in [1.82, 2.24) is 4.57 Å². The lowest BCUT2D eigenvalue weighted by atomic mass is 10.1. The van der Waals surface area contributed by atoms with Gasteiger partial charge < -0.3 is 4.57 Å². The number of benzene rings is 3. The molecule has 3 heteroatoms. The van der Waals surface area contributed by atoms with Crippen molar-refractivity contribution in [2.24, 2.45) is 0 Å². The molecule has 0 amide bonds. The third kappa shape index (κ3) is 5.15. The maximum Gasteiger partial charge on any atom is 0.0991 e. The van der Waals surface area contributed by atoms with E-state index in [1.54, 1.807) is 12.1 Å². The zero-order chi connectivity index (χ0) is 23.0. The quantitative estimate of drug-likeness (QED) is 0.245. The van der Waals surface area contributed by atoms with Crippen molar-refractivity contribution in [2.75, 3.05) is 0 Å². The molecule has 33 heavy (non-hydrogen) atoms. The Kier molecular flexibility index (Phi) is 6.90. The fraction of sp³-hybridized carbons (Fsp3) is 0.200. The summed E-state index contributed by atoms with van der Waals surface area (Å²) in [6.45, 7) is 3.18. The Balaban J connectivity index is 1.71. The van der Waals surface area contributed by atoms with E-state index in [1.807, 2.05) is 36.4 Å². The number of nitriles is 2. The molecule has 0 spiro atoms. The summed E-state index contributed by atoms with van der Waals surface area (Å²) in [5.74, 6) is 6.48. The van der Waals surface area contributed by atoms with Gasteiger partial charge in [0.2, 0.25) is 0 Å². The Morgan fingerprint density at radius 3 is 1.94 bits per heavy atom. The van der Waals surface area contributed by atoms with Crippen LogP contribution in [0.2, 0.25) is 0 Å². The average Bonchev–Trinajstić information content (AvgIpc) is 3.23. The minimum absolute atomic E-state index is 0.637. The SMILES string of the molecule is CCCCCCn1c(-c2ccc(C#N)cc2)cc2ccc(C#Cc3ccc(C#N)cc3)cc21. The molecule has 4 aromatic rings. The van der Waals surface area contributed by atoms with Gasteiger partial charge in [-0.15, -0.1) is 0 Å². The van der Waals surface area contributed by atoms with Crippen molar-refractivity contribution in [3.63, 3.8) is 0 Å². The number of hydrogen-bond donors (Lipinski definition) is 0. The molecular weight excluding hydrogens is 402 g/mol. The van der Waals surface area contributed by atoms with Crippen molar-refractivity contribution in [3.05, 3.63) is 95.1 Å². The fourth-order valence-corrected chi connectivity index (χ4v) is 4.00. The molecule has 0 saturated carbocycles. The van der Waals surface area contributed by atoms with Crippen LogP contribution in [0.25, 0.3) is 22.2 Å². The molecule has 0 aliphatic rings. The van der Waals surface area contributed by atoms with Crippen LogP contribution in [0.3, 0.4) is 0 Å². The van der Waals surface area contributed by atoms with Gasteiger partial charge in [0.1, 0.15) is 0 Å². The van der Waals surface area contributed by atoms with Crippen molar-refractivity contribution in [3.8, 4) is 35.2 Å². The van der Waals surface area contributed by atoms with Crippen LogP contribution in [0.5, 0.6) is 0 Å². The molecule has 1 heterocycles. The van der Waals surface area contributed by atoms with E-state index < -0.39 is 0 Å². The van der Waals surface area contributed by atoms with Crippen LogP contribution in [-0.4, -0.2) is 4.57 Å². The molecule has 0 radical (unpaired) electrons. The van der Waals surface area contributed by atoms with Gasteiger partial charge in [-0.1, -0.05) is 56.2 Å². The zero-order valence-electron chi connectivity index (χ0n) is 18.8. The van der Waals surface area contributed by atoms with Gasteiger partial charge in [-0.3, -0.25) is 0 Å². The first-order valence-corrected chi connectivity index (χ1v) is 11.4. The number of hydrogen-bond acceptors (Lipinski definition) is 2. The van der Waals surface area contributed by atoms with E-state index >= 15 is 0 Å². The van der Waals surface area contributed by atoms with E-state index in [0.29, 0.717) is 11.1 Å². The molecule has 0 saturated heterocycles. The van der Waals surface area contributed by atoms with E-state index in [1.165, 1.54) is 35.9 Å². The van der Waals surface area contributed by atoms with Gasteiger partial charge in [0.15, 0.2) is 0 Å². The standard InChI is InChI=1S/C30H25N3/c1-2-3-4-5-18-33-29-19-24(9-6-23-7-10-25(21-31)11-8-23)12-17-28(29)20-30(33)27-15-13-26(22-32)14-16-27/h7-8,10-17,19-20H,2-5,18H2,1H3. The highest BCUT2D eigenvalue weighted by Gasteiger charge is 2.11. The first-order chi connectivity index (χ1) is 16.2. The maximum atomic E-state index is 9.14. The number of aryl methyl sites for hydroxylation is 1. The van der Waals surface area contributed by atoms with Crippen molar-refractivity contribution >= 4 is 10.9 Å². The van der Waals surface area contributed by atoms with Gasteiger partial charge in [0, 0.05) is 34.3 Å². The Hall–Kier alpha value is -4.26. The van der Waals surface area contributed by atoms with Gasteiger partial charge in [-0.2, -0.15) is 10.5 Å². The molecule has 0 bridgehead atoms. The summed E-state index contributed by atoms with van der Waals surface area (Å²) in [6, 6.07) is 28.1. The Morgan fingerprint density at radius 1 is 0.667 bits per heavy atom. The second-order valence-corrected chi connectivity index (χ2v) is 8.14. The van der Waals surface area contributed by atoms with Gasteiger partial charge in [-0.05, 0) is 66.6 Å². The molecule has 3 nitrogen and oxygen atoms in total. The molecule has 0 N–H and O–H groups in total. The van der Waals surface area contributed by atoms with Gasteiger partial charge in [0.25, 0.3) is 0 Å². The third-order valence-corrected chi connectivity index (χ3v) is 5.81. The number of unbranched alkanes of at least 4 members (excludes halogenated alkanes) is 3. The smallest absolute Gasteiger partial charge is 0.0991 e. The summed E-state index contributed by atoms with van der Waals surface area (Å²) in [5, 5.41) is 19.3. The number of rotatable bonds is 6. The minimum atomic E-state index is 0.637. The average molecular weight is 428 g/mol. The van der Waals surface area contributed by atoms with Crippen LogP contribution in [0.15, 0.2) is 72.8 Å². The van der Waals surface area contributed by atoms with E-state index in [0.717, 1.165) is 29.7 Å². The van der Waals surface area contributed by atoms with Gasteiger partial charge in [-0.25, -0.2) is 0 Å². The van der Waals surface area contributed by atoms with Gasteiger partial charge >= 0.3 is 0 Å². The molecule has 3 aromatic carbocycles. The van der Waals surface area contributed by atoms with E-state index in [-0.39, 0.29) is 0 Å². The Bertz CT molecular complexity index is 1400. The van der Waals surface area contributed by atoms with Gasteiger partial charge in [0.05, 0.1) is 23.3 Å². The number of fused-ring (bicyclic) bond motifs is 1. The van der Waals surface area contributed by atoms with Crippen LogP contribution in [0.1, 0.15) is 54.9 Å². The third-order valence-electron chi connectivity index (χ3n) is 5.81. The van der Waals surface area contributed by atoms with Crippen LogP contribution in [-0.2, 0) is 6.54 Å². The molecule has 0 aliphatic heterocycles. The predicted octanol–water partition coefficient (Wildman–Crippen LogP) is 7.03. The molecule has 0 unspecified atom stereocenters. The molecule has 0 atom stereocenters. The maximum absolute atomic E-state index is 9.14. The summed E-state index contributed by atoms with van der Waals surface area (Å²) >= 11 is 0. The highest BCUT2D eigenvalue weighted by Crippen LogP contribution is 2.30. The largest absolute Gasteiger partial charge is 0.340 e. The summed E-state index contributed by atoms with van der Waals surface area (Å²) in [4.78, 5) is 0. The topological polar surface area (TPSA) is 52.5 Å². The van der Waals surface area contributed by atoms with E-state index in [4.69, 9.17) is 10.5 Å². The molecular formula is C30H25N3. The minimum Gasteiger partial charge on any atom is -0.340 e. The fourth-order valence-electron chi connectivity index (χ4n) is 4.00. The summed E-state index contributed by atoms with van der Waals surface area (Å²) < 4.78 is 2.39. The first-order valence-electron chi connectivity index (χ1n) is 11.4. The molecule has 0 fully saturated rings. The number of aromatic nitrogens is 1. The molecule has 4 rings (SSSR count). The van der Waals surface area contributed by atoms with Crippen LogP contribution in [0.4, 0.5) is 0 Å². The Morgan fingerprint density at radius 2 is 1.27 bits per heavy atom. The Labute approximate surface area is 195 Å². The normalized spacial score (nSPS) is 10.3. The van der Waals surface area contributed by atoms with Crippen molar-refractivity contribution in [1.29, 1.82) is 10.5 Å². The highest BCUT2D eigenvalue weighted by atomic mass is 15.0. The molecule has 1 aromatic heterocycles. The number of nitrogens with zero attached hydrogens (tertiary/aromatic N) is 3. The lowest BCUT2D eigenvalue weighted by Crippen LogP contribution is -2.00. The summed E-state index contributed by atoms with van der Waals surface area (Å²) in [5.41, 5.74) is 6.63. The molecule has 160 valence electrons. The van der Waals surface area contributed by atoms with E-state index in [9.17, 15) is 0 Å². The van der Waals surface area contributed by atoms with E-state index in [2.05, 4.69) is 59.7 Å². The first kappa shape index (κ1) is 22.0. The zero-order valence-corrected chi connectivity index (χ0v) is 18.8. The summed E-state index contributed by atoms with van der Waals surface area (Å²) in [7, 11) is 0. The van der Waals surface area contributed by atoms with Crippen LogP contribution >= 0.6 is 0 Å². The summed E-state index contributed by atoms with van der Waals surface area (Å²) in [6.07, 6.45) is 4.79. The second kappa shape index (κ2) is 10.4. The lowest BCUT2D eigenvalue weighted by Gasteiger charge is -2.11. The molecule has 0 aliphatic carbocycles. The highest BCUT2D eigenvalue weighted by molar-refractivity contribution is 5.88. The van der Waals surface area contributed by atoms with Crippen molar-refractivity contribution in [2.45, 2.75) is 39.2 Å². The predicted molar refractivity (Wildman–Crippen MR) is 133 cm³/mol.